The van der Waals surface area contributed by atoms with Crippen molar-refractivity contribution in [2.75, 3.05) is 52.9 Å². The SMILES string of the molecule is CN1CCCC(CN2CCN(C(=O)Oc3ccc(Cl)c(Cl)c3)CC2)C1.O=C(Cl)Oc1ccc(Cl)c(Cl)c1. The van der Waals surface area contributed by atoms with E-state index in [0.29, 0.717) is 38.9 Å². The summed E-state index contributed by atoms with van der Waals surface area (Å²) in [5, 5.41) is 1.54. The summed E-state index contributed by atoms with van der Waals surface area (Å²) in [4.78, 5) is 29.2. The van der Waals surface area contributed by atoms with Crippen LogP contribution in [0.5, 0.6) is 11.5 Å². The number of carbonyl (C=O) groups is 2. The molecule has 0 aliphatic carbocycles. The number of ether oxygens (including phenoxy) is 2. The second-order valence-electron chi connectivity index (χ2n) is 8.92. The highest BCUT2D eigenvalue weighted by molar-refractivity contribution is 6.61. The Kier molecular flexibility index (Phi) is 11.9. The van der Waals surface area contributed by atoms with E-state index in [1.54, 1.807) is 23.1 Å². The number of rotatable bonds is 4. The molecule has 2 saturated heterocycles. The number of piperazine rings is 1. The number of carbonyl (C=O) groups excluding carboxylic acids is 2. The van der Waals surface area contributed by atoms with Crippen LogP contribution in [0.4, 0.5) is 9.59 Å². The highest BCUT2D eigenvalue weighted by Gasteiger charge is 2.26. The highest BCUT2D eigenvalue weighted by Crippen LogP contribution is 2.27. The van der Waals surface area contributed by atoms with Gasteiger partial charge in [0.15, 0.2) is 0 Å². The van der Waals surface area contributed by atoms with E-state index in [2.05, 4.69) is 21.6 Å². The van der Waals surface area contributed by atoms with Gasteiger partial charge in [-0.15, -0.1) is 0 Å². The van der Waals surface area contributed by atoms with Crippen LogP contribution < -0.4 is 9.47 Å². The van der Waals surface area contributed by atoms with Gasteiger partial charge in [0, 0.05) is 63.0 Å². The molecule has 202 valence electrons. The van der Waals surface area contributed by atoms with Crippen molar-refractivity contribution in [3.05, 3.63) is 56.5 Å². The molecule has 1 amide bonds. The fourth-order valence-corrected chi connectivity index (χ4v) is 4.90. The third-order valence-corrected chi connectivity index (χ3v) is 7.61. The average Bonchev–Trinajstić information content (AvgIpc) is 2.84. The molecule has 2 aromatic carbocycles. The maximum atomic E-state index is 12.3. The normalized spacial score (nSPS) is 18.5. The average molecular weight is 612 g/mol. The Morgan fingerprint density at radius 1 is 0.838 bits per heavy atom. The van der Waals surface area contributed by atoms with Crippen molar-refractivity contribution in [1.29, 1.82) is 0 Å². The predicted octanol–water partition coefficient (Wildman–Crippen LogP) is 7.18. The lowest BCUT2D eigenvalue weighted by molar-refractivity contribution is 0.0902. The van der Waals surface area contributed by atoms with Crippen molar-refractivity contribution in [2.45, 2.75) is 12.8 Å². The van der Waals surface area contributed by atoms with Crippen molar-refractivity contribution in [1.82, 2.24) is 14.7 Å². The Morgan fingerprint density at radius 3 is 1.92 bits per heavy atom. The summed E-state index contributed by atoms with van der Waals surface area (Å²) >= 11 is 28.0. The number of nitrogens with zero attached hydrogens (tertiary/aromatic N) is 3. The van der Waals surface area contributed by atoms with Gasteiger partial charge in [-0.2, -0.15) is 0 Å². The molecule has 4 rings (SSSR count). The largest absolute Gasteiger partial charge is 0.415 e. The topological polar surface area (TPSA) is 62.3 Å². The molecule has 37 heavy (non-hydrogen) atoms. The lowest BCUT2D eigenvalue weighted by Gasteiger charge is -2.38. The van der Waals surface area contributed by atoms with Gasteiger partial charge >= 0.3 is 11.5 Å². The highest BCUT2D eigenvalue weighted by atomic mass is 35.5. The third kappa shape index (κ3) is 9.98. The maximum Gasteiger partial charge on any atom is 0.415 e. The lowest BCUT2D eigenvalue weighted by atomic mass is 9.97. The molecule has 0 bridgehead atoms. The molecule has 7 nitrogen and oxygen atoms in total. The van der Waals surface area contributed by atoms with E-state index in [4.69, 9.17) is 62.7 Å². The maximum absolute atomic E-state index is 12.3. The van der Waals surface area contributed by atoms with Crippen LogP contribution >= 0.6 is 58.0 Å². The van der Waals surface area contributed by atoms with Crippen LogP contribution in [-0.4, -0.2) is 79.1 Å². The van der Waals surface area contributed by atoms with Gasteiger partial charge in [-0.1, -0.05) is 46.4 Å². The van der Waals surface area contributed by atoms with Crippen molar-refractivity contribution >= 4 is 69.5 Å². The van der Waals surface area contributed by atoms with Gasteiger partial charge in [0.25, 0.3) is 0 Å². The quantitative estimate of drug-likeness (QED) is 0.342. The molecule has 2 aromatic rings. The van der Waals surface area contributed by atoms with Crippen LogP contribution in [0.2, 0.25) is 20.1 Å². The summed E-state index contributed by atoms with van der Waals surface area (Å²) in [6.07, 6.45) is 2.27. The van der Waals surface area contributed by atoms with Crippen LogP contribution in [-0.2, 0) is 0 Å². The second-order valence-corrected chi connectivity index (χ2v) is 10.9. The summed E-state index contributed by atoms with van der Waals surface area (Å²) in [5.41, 5.74) is -0.909. The molecule has 1 unspecified atom stereocenters. The van der Waals surface area contributed by atoms with Crippen LogP contribution in [0.3, 0.4) is 0 Å². The van der Waals surface area contributed by atoms with Gasteiger partial charge in [0.1, 0.15) is 11.5 Å². The van der Waals surface area contributed by atoms with Gasteiger partial charge < -0.3 is 19.3 Å². The van der Waals surface area contributed by atoms with Gasteiger partial charge in [0.05, 0.1) is 20.1 Å². The minimum atomic E-state index is -0.909. The number of halogens is 5. The summed E-state index contributed by atoms with van der Waals surface area (Å²) in [6.45, 7) is 6.71. The first kappa shape index (κ1) is 30.1. The summed E-state index contributed by atoms with van der Waals surface area (Å²) < 4.78 is 9.94. The van der Waals surface area contributed by atoms with Crippen molar-refractivity contribution in [3.63, 3.8) is 0 Å². The van der Waals surface area contributed by atoms with E-state index in [-0.39, 0.29) is 11.8 Å². The number of benzene rings is 2. The number of hydrogen-bond acceptors (Lipinski definition) is 6. The standard InChI is InChI=1S/C18H25Cl2N3O2.C7H3Cl3O2/c1-21-6-2-3-14(12-21)13-22-7-9-23(10-8-22)18(24)25-15-4-5-16(19)17(20)11-15;8-5-2-1-4(3-6(5)9)12-7(10)11/h4-5,11,14H,2-3,6-10,12-13H2,1H3;1-3H. The van der Waals surface area contributed by atoms with E-state index in [0.717, 1.165) is 25.6 Å². The number of amides is 1. The number of piperidine rings is 1. The molecule has 2 fully saturated rings. The molecule has 1 atom stereocenters. The van der Waals surface area contributed by atoms with Crippen LogP contribution in [0.15, 0.2) is 36.4 Å². The molecule has 12 heteroatoms. The Labute approximate surface area is 242 Å². The molecule has 0 N–H and O–H groups in total. The molecule has 2 aliphatic rings. The zero-order chi connectivity index (χ0) is 26.9. The van der Waals surface area contributed by atoms with E-state index >= 15 is 0 Å². The Balaban J connectivity index is 0.000000266. The third-order valence-electron chi connectivity index (χ3n) is 6.05. The van der Waals surface area contributed by atoms with Crippen molar-refractivity contribution in [3.8, 4) is 11.5 Å². The fraction of sp³-hybridized carbons (Fsp3) is 0.440. The first-order valence-electron chi connectivity index (χ1n) is 11.8. The fourth-order valence-electron chi connectivity index (χ4n) is 4.24. The summed E-state index contributed by atoms with van der Waals surface area (Å²) in [7, 11) is 2.20. The second kappa shape index (κ2) is 14.6. The molecule has 0 saturated carbocycles. The first-order valence-corrected chi connectivity index (χ1v) is 13.6. The zero-order valence-corrected chi connectivity index (χ0v) is 24.0. The molecule has 0 aromatic heterocycles. The Hall–Kier alpha value is -1.45. The van der Waals surface area contributed by atoms with Gasteiger partial charge in [-0.25, -0.2) is 9.59 Å². The minimum absolute atomic E-state index is 0.268. The summed E-state index contributed by atoms with van der Waals surface area (Å²) in [6, 6.07) is 9.27. The van der Waals surface area contributed by atoms with Crippen LogP contribution in [0, 0.1) is 5.92 Å². The molecular formula is C25H28Cl5N3O4. The van der Waals surface area contributed by atoms with Gasteiger partial charge in [0.2, 0.25) is 0 Å². The van der Waals surface area contributed by atoms with E-state index in [9.17, 15) is 9.59 Å². The number of hydrogen-bond donors (Lipinski definition) is 0. The lowest BCUT2D eigenvalue weighted by Crippen LogP contribution is -2.51. The molecule has 2 heterocycles. The monoisotopic (exact) mass is 609 g/mol. The molecule has 0 spiro atoms. The van der Waals surface area contributed by atoms with Crippen molar-refractivity contribution < 1.29 is 19.1 Å². The minimum Gasteiger partial charge on any atom is -0.414 e. The smallest absolute Gasteiger partial charge is 0.414 e. The van der Waals surface area contributed by atoms with E-state index in [1.807, 2.05) is 0 Å². The van der Waals surface area contributed by atoms with Crippen LogP contribution in [0.25, 0.3) is 0 Å². The van der Waals surface area contributed by atoms with E-state index in [1.165, 1.54) is 44.1 Å². The molecular weight excluding hydrogens is 584 g/mol. The molecule has 0 radical (unpaired) electrons. The predicted molar refractivity (Wildman–Crippen MR) is 149 cm³/mol. The van der Waals surface area contributed by atoms with E-state index < -0.39 is 5.43 Å². The van der Waals surface area contributed by atoms with Gasteiger partial charge in [-0.3, -0.25) is 4.90 Å². The van der Waals surface area contributed by atoms with Crippen molar-refractivity contribution in [2.24, 2.45) is 5.92 Å². The Bertz CT molecular complexity index is 1080. The Morgan fingerprint density at radius 2 is 1.41 bits per heavy atom. The zero-order valence-electron chi connectivity index (χ0n) is 20.3. The van der Waals surface area contributed by atoms with Gasteiger partial charge in [-0.05, 0) is 56.6 Å². The number of likely N-dealkylation sites (tertiary alicyclic amines) is 1. The molecule has 2 aliphatic heterocycles. The van der Waals surface area contributed by atoms with Crippen LogP contribution in [0.1, 0.15) is 12.8 Å². The first-order chi connectivity index (χ1) is 17.6. The summed E-state index contributed by atoms with van der Waals surface area (Å²) in [5.74, 6) is 1.44.